The molecule has 0 aliphatic rings. The van der Waals surface area contributed by atoms with Gasteiger partial charge in [-0.2, -0.15) is 8.78 Å². The van der Waals surface area contributed by atoms with Crippen molar-refractivity contribution < 1.29 is 23.0 Å². The van der Waals surface area contributed by atoms with Crippen LogP contribution in [0, 0.1) is 0 Å². The predicted molar refractivity (Wildman–Crippen MR) is 81.6 cm³/mol. The van der Waals surface area contributed by atoms with Crippen LogP contribution in [0.2, 0.25) is 0 Å². The molecule has 0 unspecified atom stereocenters. The van der Waals surface area contributed by atoms with Gasteiger partial charge in [0, 0.05) is 5.69 Å². The molecule has 2 aromatic rings. The number of esters is 1. The van der Waals surface area contributed by atoms with Gasteiger partial charge in [-0.25, -0.2) is 9.78 Å². The van der Waals surface area contributed by atoms with Crippen LogP contribution in [-0.2, 0) is 4.74 Å². The van der Waals surface area contributed by atoms with E-state index >= 15 is 0 Å². The third-order valence-electron chi connectivity index (χ3n) is 2.50. The van der Waals surface area contributed by atoms with Gasteiger partial charge < -0.3 is 14.8 Å². The Labute approximate surface area is 133 Å². The molecular formula is C13H12F2N2O3S2. The van der Waals surface area contributed by atoms with E-state index < -0.39 is 12.6 Å². The van der Waals surface area contributed by atoms with Crippen molar-refractivity contribution in [3.05, 3.63) is 29.1 Å². The van der Waals surface area contributed by atoms with Gasteiger partial charge in [-0.3, -0.25) is 0 Å². The van der Waals surface area contributed by atoms with E-state index in [2.05, 4.69) is 15.0 Å². The molecule has 0 bridgehead atoms. The van der Waals surface area contributed by atoms with E-state index in [-0.39, 0.29) is 5.75 Å². The van der Waals surface area contributed by atoms with Gasteiger partial charge in [0.1, 0.15) is 5.75 Å². The number of ether oxygens (including phenoxy) is 2. The molecule has 0 aliphatic heterocycles. The Bertz CT molecular complexity index is 647. The number of hydrogen-bond donors (Lipinski definition) is 1. The zero-order chi connectivity index (χ0) is 16.1. The summed E-state index contributed by atoms with van der Waals surface area (Å²) in [6.45, 7) is -2.87. The second-order valence-electron chi connectivity index (χ2n) is 3.88. The van der Waals surface area contributed by atoms with Crippen LogP contribution in [0.1, 0.15) is 9.67 Å². The van der Waals surface area contributed by atoms with Crippen LogP contribution in [0.15, 0.2) is 28.6 Å². The maximum atomic E-state index is 12.1. The topological polar surface area (TPSA) is 60.5 Å². The standard InChI is InChI=1S/C13H12F2N2O3S2/c1-19-11(18)9-10(17-13(21-2)22-9)16-7-3-5-8(6-4-7)20-12(14)15/h3-6,12,16H,1-2H3. The predicted octanol–water partition coefficient (Wildman–Crippen LogP) is 4.00. The van der Waals surface area contributed by atoms with E-state index in [0.717, 1.165) is 0 Å². The molecule has 0 atom stereocenters. The highest BCUT2D eigenvalue weighted by Gasteiger charge is 2.18. The van der Waals surface area contributed by atoms with Crippen LogP contribution >= 0.6 is 23.1 Å². The summed E-state index contributed by atoms with van der Waals surface area (Å²) in [5, 5.41) is 2.97. The number of methoxy groups -OCH3 is 1. The van der Waals surface area contributed by atoms with Gasteiger partial charge >= 0.3 is 12.6 Å². The van der Waals surface area contributed by atoms with Crippen LogP contribution in [-0.4, -0.2) is 30.9 Å². The second kappa shape index (κ2) is 7.41. The van der Waals surface area contributed by atoms with Gasteiger partial charge in [-0.1, -0.05) is 23.1 Å². The smallest absolute Gasteiger partial charge is 0.387 e. The number of hydrogen-bond acceptors (Lipinski definition) is 7. The van der Waals surface area contributed by atoms with Crippen molar-refractivity contribution in [2.45, 2.75) is 11.0 Å². The van der Waals surface area contributed by atoms with Crippen LogP contribution < -0.4 is 10.1 Å². The molecule has 5 nitrogen and oxygen atoms in total. The molecule has 0 saturated carbocycles. The van der Waals surface area contributed by atoms with Crippen molar-refractivity contribution in [3.63, 3.8) is 0 Å². The lowest BCUT2D eigenvalue weighted by Crippen LogP contribution is -2.03. The molecule has 0 aliphatic carbocycles. The van der Waals surface area contributed by atoms with Gasteiger partial charge in [0.2, 0.25) is 0 Å². The molecule has 0 spiro atoms. The Morgan fingerprint density at radius 1 is 1.36 bits per heavy atom. The summed E-state index contributed by atoms with van der Waals surface area (Å²) in [7, 11) is 1.29. The number of nitrogens with one attached hydrogen (secondary N) is 1. The normalized spacial score (nSPS) is 10.6. The van der Waals surface area contributed by atoms with E-state index in [0.29, 0.717) is 20.7 Å². The third kappa shape index (κ3) is 4.08. The molecule has 1 N–H and O–H groups in total. The summed E-state index contributed by atoms with van der Waals surface area (Å²) in [4.78, 5) is 16.4. The molecule has 0 radical (unpaired) electrons. The number of thiazole rings is 1. The Hall–Kier alpha value is -1.87. The van der Waals surface area contributed by atoms with Gasteiger partial charge in [-0.05, 0) is 30.5 Å². The monoisotopic (exact) mass is 346 g/mol. The molecule has 2 rings (SSSR count). The molecule has 118 valence electrons. The third-order valence-corrected chi connectivity index (χ3v) is 4.52. The van der Waals surface area contributed by atoms with E-state index in [1.165, 1.54) is 42.3 Å². The fraction of sp³-hybridized carbons (Fsp3) is 0.231. The summed E-state index contributed by atoms with van der Waals surface area (Å²) in [6, 6.07) is 5.90. The van der Waals surface area contributed by atoms with Gasteiger partial charge in [0.25, 0.3) is 0 Å². The molecule has 0 fully saturated rings. The van der Waals surface area contributed by atoms with Crippen molar-refractivity contribution in [2.75, 3.05) is 18.7 Å². The summed E-state index contributed by atoms with van der Waals surface area (Å²) >= 11 is 2.62. The quantitative estimate of drug-likeness (QED) is 0.630. The van der Waals surface area contributed by atoms with Crippen molar-refractivity contribution >= 4 is 40.6 Å². The molecule has 22 heavy (non-hydrogen) atoms. The van der Waals surface area contributed by atoms with Crippen LogP contribution in [0.25, 0.3) is 0 Å². The molecule has 1 heterocycles. The number of anilines is 2. The number of carbonyl (C=O) groups is 1. The van der Waals surface area contributed by atoms with E-state index in [1.54, 1.807) is 12.1 Å². The number of carbonyl (C=O) groups excluding carboxylic acids is 1. The van der Waals surface area contributed by atoms with Crippen molar-refractivity contribution in [2.24, 2.45) is 0 Å². The molecule has 0 saturated heterocycles. The SMILES string of the molecule is COC(=O)c1sc(SC)nc1Nc1ccc(OC(F)F)cc1. The maximum absolute atomic E-state index is 12.1. The molecular weight excluding hydrogens is 334 g/mol. The Morgan fingerprint density at radius 3 is 2.59 bits per heavy atom. The number of rotatable bonds is 6. The van der Waals surface area contributed by atoms with Gasteiger partial charge in [-0.15, -0.1) is 0 Å². The minimum atomic E-state index is -2.87. The summed E-state index contributed by atoms with van der Waals surface area (Å²) in [5.41, 5.74) is 0.588. The average molecular weight is 346 g/mol. The number of nitrogens with zero attached hydrogens (tertiary/aromatic N) is 1. The van der Waals surface area contributed by atoms with E-state index in [4.69, 9.17) is 4.74 Å². The Kier molecular flexibility index (Phi) is 5.56. The number of thioether (sulfide) groups is 1. The van der Waals surface area contributed by atoms with Crippen molar-refractivity contribution in [3.8, 4) is 5.75 Å². The zero-order valence-electron chi connectivity index (χ0n) is 11.6. The first-order chi connectivity index (χ1) is 10.5. The number of aromatic nitrogens is 1. The van der Waals surface area contributed by atoms with Crippen LogP contribution in [0.5, 0.6) is 5.75 Å². The molecule has 1 aromatic carbocycles. The largest absolute Gasteiger partial charge is 0.465 e. The van der Waals surface area contributed by atoms with Crippen LogP contribution in [0.4, 0.5) is 20.3 Å². The highest BCUT2D eigenvalue weighted by atomic mass is 32.2. The Morgan fingerprint density at radius 2 is 2.05 bits per heavy atom. The maximum Gasteiger partial charge on any atom is 0.387 e. The van der Waals surface area contributed by atoms with Gasteiger partial charge in [0.15, 0.2) is 15.0 Å². The van der Waals surface area contributed by atoms with E-state index in [9.17, 15) is 13.6 Å². The number of alkyl halides is 2. The van der Waals surface area contributed by atoms with Crippen LogP contribution in [0.3, 0.4) is 0 Å². The molecule has 0 amide bonds. The van der Waals surface area contributed by atoms with Crippen molar-refractivity contribution in [1.29, 1.82) is 0 Å². The molecule has 1 aromatic heterocycles. The second-order valence-corrected chi connectivity index (χ2v) is 5.93. The van der Waals surface area contributed by atoms with E-state index in [1.807, 2.05) is 6.26 Å². The lowest BCUT2D eigenvalue weighted by molar-refractivity contribution is -0.0498. The summed E-state index contributed by atoms with van der Waals surface area (Å²) in [6.07, 6.45) is 1.85. The minimum absolute atomic E-state index is 0.0526. The lowest BCUT2D eigenvalue weighted by atomic mass is 10.3. The highest BCUT2D eigenvalue weighted by molar-refractivity contribution is 8.00. The average Bonchev–Trinajstić information content (AvgIpc) is 2.91. The zero-order valence-corrected chi connectivity index (χ0v) is 13.3. The number of benzene rings is 1. The lowest BCUT2D eigenvalue weighted by Gasteiger charge is -2.07. The first-order valence-electron chi connectivity index (χ1n) is 5.98. The Balaban J connectivity index is 2.19. The highest BCUT2D eigenvalue weighted by Crippen LogP contribution is 2.32. The first kappa shape index (κ1) is 16.5. The van der Waals surface area contributed by atoms with Crippen molar-refractivity contribution in [1.82, 2.24) is 4.98 Å². The summed E-state index contributed by atoms with van der Waals surface area (Å²) in [5.74, 6) is -0.0708. The van der Waals surface area contributed by atoms with Gasteiger partial charge in [0.05, 0.1) is 7.11 Å². The summed E-state index contributed by atoms with van der Waals surface area (Å²) < 4.78 is 33.9. The number of halogens is 2. The fourth-order valence-electron chi connectivity index (χ4n) is 1.56. The first-order valence-corrected chi connectivity index (χ1v) is 8.02. The molecule has 9 heteroatoms. The fourth-order valence-corrected chi connectivity index (χ4v) is 3.00. The minimum Gasteiger partial charge on any atom is -0.465 e.